The van der Waals surface area contributed by atoms with Crippen molar-refractivity contribution in [3.05, 3.63) is 81.8 Å². The van der Waals surface area contributed by atoms with Gasteiger partial charge in [-0.1, -0.05) is 29.3 Å². The molecule has 1 N–H and O–H groups in total. The van der Waals surface area contributed by atoms with Gasteiger partial charge in [0.2, 0.25) is 10.0 Å². The van der Waals surface area contributed by atoms with Crippen LogP contribution in [0, 0.1) is 11.6 Å². The van der Waals surface area contributed by atoms with Gasteiger partial charge in [0.05, 0.1) is 14.9 Å². The number of aliphatic carboxylic acids is 1. The molecule has 0 atom stereocenters. The molecule has 0 aromatic heterocycles. The highest BCUT2D eigenvalue weighted by Crippen LogP contribution is 2.33. The number of carboxylic acid groups (broad SMARTS) is 1. The first kappa shape index (κ1) is 24.9. The van der Waals surface area contributed by atoms with E-state index < -0.39 is 34.2 Å². The second-order valence-electron chi connectivity index (χ2n) is 7.01. The van der Waals surface area contributed by atoms with Crippen LogP contribution in [0.1, 0.15) is 5.56 Å². The number of rotatable bonds is 8. The largest absolute Gasteiger partial charge is 0.481 e. The van der Waals surface area contributed by atoms with Gasteiger partial charge in [0, 0.05) is 25.2 Å². The molecule has 0 unspecified atom stereocenters. The van der Waals surface area contributed by atoms with Crippen molar-refractivity contribution in [3.63, 3.8) is 0 Å². The molecular weight excluding hydrogens is 499 g/mol. The number of sulfonamides is 1. The summed E-state index contributed by atoms with van der Waals surface area (Å²) in [6.07, 6.45) is 0. The molecule has 0 amide bonds. The van der Waals surface area contributed by atoms with Gasteiger partial charge in [-0.15, -0.1) is 0 Å². The Labute approximate surface area is 199 Å². The zero-order valence-electron chi connectivity index (χ0n) is 17.1. The topological polar surface area (TPSA) is 83.9 Å². The summed E-state index contributed by atoms with van der Waals surface area (Å²) in [7, 11) is -2.58. The lowest BCUT2D eigenvalue weighted by Gasteiger charge is -2.19. The highest BCUT2D eigenvalue weighted by atomic mass is 35.5. The number of carboxylic acids is 1. The van der Waals surface area contributed by atoms with Crippen molar-refractivity contribution < 1.29 is 31.8 Å². The molecule has 0 heterocycles. The molecule has 0 aliphatic carbocycles. The summed E-state index contributed by atoms with van der Waals surface area (Å²) in [5.74, 6) is -2.83. The standard InChI is InChI=1S/C22H17Cl2F2NO5S/c1-27(33(30,31)17-3-4-19(23)20(24)10-17)11-13-2-5-21(32-12-22(28)29)18(6-13)14-7-15(25)9-16(26)8-14/h2-10H,11-12H2,1H3,(H,28,29). The Bertz CT molecular complexity index is 1300. The first-order valence-electron chi connectivity index (χ1n) is 9.33. The molecule has 3 aromatic carbocycles. The molecule has 0 bridgehead atoms. The molecule has 11 heteroatoms. The first-order valence-corrected chi connectivity index (χ1v) is 11.5. The SMILES string of the molecule is CN(Cc1ccc(OCC(=O)O)c(-c2cc(F)cc(F)c2)c1)S(=O)(=O)c1ccc(Cl)c(Cl)c1. The van der Waals surface area contributed by atoms with Crippen molar-refractivity contribution >= 4 is 39.2 Å². The lowest BCUT2D eigenvalue weighted by Crippen LogP contribution is -2.26. The number of nitrogens with zero attached hydrogens (tertiary/aromatic N) is 1. The minimum absolute atomic E-state index is 0.0618. The summed E-state index contributed by atoms with van der Waals surface area (Å²) in [5.41, 5.74) is 0.765. The van der Waals surface area contributed by atoms with E-state index >= 15 is 0 Å². The molecule has 0 aliphatic rings. The van der Waals surface area contributed by atoms with Gasteiger partial charge in [-0.2, -0.15) is 4.31 Å². The van der Waals surface area contributed by atoms with Crippen LogP contribution in [0.4, 0.5) is 8.78 Å². The van der Waals surface area contributed by atoms with Gasteiger partial charge in [-0.3, -0.25) is 0 Å². The van der Waals surface area contributed by atoms with E-state index in [2.05, 4.69) is 0 Å². The lowest BCUT2D eigenvalue weighted by atomic mass is 10.0. The summed E-state index contributed by atoms with van der Waals surface area (Å²) < 4.78 is 59.7. The predicted octanol–water partition coefficient (Wildman–Crippen LogP) is 5.22. The van der Waals surface area contributed by atoms with Gasteiger partial charge in [-0.25, -0.2) is 22.0 Å². The number of hydrogen-bond donors (Lipinski definition) is 1. The third kappa shape index (κ3) is 6.00. The fourth-order valence-corrected chi connectivity index (χ4v) is 4.58. The van der Waals surface area contributed by atoms with E-state index in [4.69, 9.17) is 33.0 Å². The molecule has 0 saturated heterocycles. The van der Waals surface area contributed by atoms with Gasteiger partial charge in [0.1, 0.15) is 17.4 Å². The average Bonchev–Trinajstić information content (AvgIpc) is 2.73. The summed E-state index contributed by atoms with van der Waals surface area (Å²) in [6, 6.07) is 11.2. The highest BCUT2D eigenvalue weighted by molar-refractivity contribution is 7.89. The average molecular weight is 516 g/mol. The Morgan fingerprint density at radius 2 is 1.67 bits per heavy atom. The van der Waals surface area contributed by atoms with Gasteiger partial charge >= 0.3 is 5.97 Å². The molecule has 3 rings (SSSR count). The Kier molecular flexibility index (Phi) is 7.58. The Morgan fingerprint density at radius 3 is 2.27 bits per heavy atom. The maximum Gasteiger partial charge on any atom is 0.341 e. The number of halogens is 4. The molecule has 0 fully saturated rings. The second kappa shape index (κ2) is 10.0. The molecular formula is C22H17Cl2F2NO5S. The molecule has 174 valence electrons. The normalized spacial score (nSPS) is 11.6. The van der Waals surface area contributed by atoms with Crippen molar-refractivity contribution in [2.75, 3.05) is 13.7 Å². The van der Waals surface area contributed by atoms with E-state index in [1.165, 1.54) is 43.4 Å². The maximum atomic E-state index is 13.8. The zero-order chi connectivity index (χ0) is 24.3. The quantitative estimate of drug-likeness (QED) is 0.444. The van der Waals surface area contributed by atoms with E-state index in [0.29, 0.717) is 11.6 Å². The van der Waals surface area contributed by atoms with Crippen molar-refractivity contribution in [2.45, 2.75) is 11.4 Å². The van der Waals surface area contributed by atoms with Gasteiger partial charge in [0.25, 0.3) is 0 Å². The number of hydrogen-bond acceptors (Lipinski definition) is 4. The molecule has 0 aliphatic heterocycles. The molecule has 0 spiro atoms. The van der Waals surface area contributed by atoms with Crippen LogP contribution in [0.5, 0.6) is 5.75 Å². The van der Waals surface area contributed by atoms with Crippen molar-refractivity contribution in [2.24, 2.45) is 0 Å². The van der Waals surface area contributed by atoms with Crippen LogP contribution in [0.15, 0.2) is 59.5 Å². The predicted molar refractivity (Wildman–Crippen MR) is 120 cm³/mol. The van der Waals surface area contributed by atoms with E-state index in [9.17, 15) is 22.0 Å². The van der Waals surface area contributed by atoms with Crippen LogP contribution in [0.25, 0.3) is 11.1 Å². The van der Waals surface area contributed by atoms with Crippen molar-refractivity contribution in [1.29, 1.82) is 0 Å². The smallest absolute Gasteiger partial charge is 0.341 e. The van der Waals surface area contributed by atoms with Crippen molar-refractivity contribution in [3.8, 4) is 16.9 Å². The van der Waals surface area contributed by atoms with Crippen LogP contribution >= 0.6 is 23.2 Å². The van der Waals surface area contributed by atoms with Crippen LogP contribution < -0.4 is 4.74 Å². The monoisotopic (exact) mass is 515 g/mol. The maximum absolute atomic E-state index is 13.8. The highest BCUT2D eigenvalue weighted by Gasteiger charge is 2.22. The summed E-state index contributed by atoms with van der Waals surface area (Å²) in [6.45, 7) is -0.775. The van der Waals surface area contributed by atoms with E-state index in [0.717, 1.165) is 16.4 Å². The minimum atomic E-state index is -3.94. The van der Waals surface area contributed by atoms with Crippen LogP contribution in [-0.2, 0) is 21.4 Å². The van der Waals surface area contributed by atoms with E-state index in [1.54, 1.807) is 0 Å². The second-order valence-corrected chi connectivity index (χ2v) is 9.87. The van der Waals surface area contributed by atoms with Gasteiger partial charge < -0.3 is 9.84 Å². The number of ether oxygens (including phenoxy) is 1. The third-order valence-corrected chi connectivity index (χ3v) is 7.11. The molecule has 3 aromatic rings. The lowest BCUT2D eigenvalue weighted by molar-refractivity contribution is -0.139. The first-order chi connectivity index (χ1) is 15.5. The van der Waals surface area contributed by atoms with Crippen LogP contribution in [0.2, 0.25) is 10.0 Å². The Morgan fingerprint density at radius 1 is 1.00 bits per heavy atom. The van der Waals surface area contributed by atoms with E-state index in [1.807, 2.05) is 0 Å². The molecule has 0 radical (unpaired) electrons. The third-order valence-electron chi connectivity index (χ3n) is 4.57. The molecule has 33 heavy (non-hydrogen) atoms. The van der Waals surface area contributed by atoms with Gasteiger partial charge in [-0.05, 0) is 53.6 Å². The molecule has 0 saturated carbocycles. The summed E-state index contributed by atoms with van der Waals surface area (Å²) in [5, 5.41) is 9.19. The summed E-state index contributed by atoms with van der Waals surface area (Å²) in [4.78, 5) is 10.8. The Balaban J connectivity index is 1.97. The zero-order valence-corrected chi connectivity index (χ0v) is 19.4. The minimum Gasteiger partial charge on any atom is -0.481 e. The fraction of sp³-hybridized carbons (Fsp3) is 0.136. The summed E-state index contributed by atoms with van der Waals surface area (Å²) >= 11 is 11.8. The van der Waals surface area contributed by atoms with Gasteiger partial charge in [0.15, 0.2) is 6.61 Å². The van der Waals surface area contributed by atoms with Crippen LogP contribution in [-0.4, -0.2) is 37.5 Å². The van der Waals surface area contributed by atoms with Crippen LogP contribution in [0.3, 0.4) is 0 Å². The number of benzene rings is 3. The Hall–Kier alpha value is -2.72. The van der Waals surface area contributed by atoms with Crippen molar-refractivity contribution in [1.82, 2.24) is 4.31 Å². The van der Waals surface area contributed by atoms with E-state index in [-0.39, 0.29) is 38.4 Å². The number of carbonyl (C=O) groups is 1. The molecule has 6 nitrogen and oxygen atoms in total. The fourth-order valence-electron chi connectivity index (χ4n) is 3.04.